The summed E-state index contributed by atoms with van der Waals surface area (Å²) >= 11 is 25.4. The van der Waals surface area contributed by atoms with Gasteiger partial charge in [-0.2, -0.15) is 0 Å². The van der Waals surface area contributed by atoms with Crippen molar-refractivity contribution in [3.05, 3.63) is 54.3 Å². The van der Waals surface area contributed by atoms with Crippen molar-refractivity contribution in [1.82, 2.24) is 0 Å². The average Bonchev–Trinajstić information content (AvgIpc) is 2.75. The Kier molecular flexibility index (Phi) is 3.86. The van der Waals surface area contributed by atoms with Crippen LogP contribution in [0.5, 0.6) is 0 Å². The van der Waals surface area contributed by atoms with Gasteiger partial charge in [0, 0.05) is 49.2 Å². The van der Waals surface area contributed by atoms with Crippen molar-refractivity contribution in [3.63, 3.8) is 0 Å². The molecule has 0 spiro atoms. The molecule has 0 aliphatic carbocycles. The summed E-state index contributed by atoms with van der Waals surface area (Å²) in [5.74, 6) is 0. The zero-order valence-electron chi connectivity index (χ0n) is 14.9. The van der Waals surface area contributed by atoms with E-state index in [-0.39, 0.29) is 0 Å². The van der Waals surface area contributed by atoms with Crippen LogP contribution in [-0.4, -0.2) is 0 Å². The minimum Gasteiger partial charge on any atom is -0.142 e. The maximum absolute atomic E-state index is 4.94. The van der Waals surface area contributed by atoms with E-state index in [1.54, 1.807) is 0 Å². The zero-order valence-corrected chi connectivity index (χ0v) is 23.0. The Balaban J connectivity index is 2.10. The maximum atomic E-state index is 4.94. The van der Waals surface area contributed by atoms with Gasteiger partial charge < -0.3 is 0 Å². The van der Waals surface area contributed by atoms with Gasteiger partial charge in [0.25, 0.3) is 0 Å². The quantitative estimate of drug-likeness (QED) is 0.0890. The van der Waals surface area contributed by atoms with Gasteiger partial charge in [0.05, 0.1) is 0 Å². The third-order valence-corrected chi connectivity index (χ3v) is 11.8. The van der Waals surface area contributed by atoms with Crippen molar-refractivity contribution in [1.29, 1.82) is 0 Å². The Hall–Kier alpha value is -0.500. The van der Waals surface area contributed by atoms with Gasteiger partial charge in [-0.3, -0.25) is 0 Å². The van der Waals surface area contributed by atoms with E-state index in [0.29, 0.717) is 0 Å². The maximum Gasteiger partial charge on any atom is 0.0414 e. The summed E-state index contributed by atoms with van der Waals surface area (Å²) in [7, 11) is 0. The molecule has 0 radical (unpaired) electrons. The molecule has 0 amide bonds. The third-order valence-electron chi connectivity index (χ3n) is 6.41. The highest BCUT2D eigenvalue weighted by Gasteiger charge is 2.28. The smallest absolute Gasteiger partial charge is 0.0414 e. The van der Waals surface area contributed by atoms with E-state index >= 15 is 0 Å². The van der Waals surface area contributed by atoms with Crippen molar-refractivity contribution in [3.8, 4) is 0 Å². The first kappa shape index (κ1) is 19.0. The molecule has 144 valence electrons. The highest BCUT2D eigenvalue weighted by atomic mass is 79.9. The fraction of sp³-hybridized carbons (Fsp3) is 0. The summed E-state index contributed by atoms with van der Waals surface area (Å²) in [6, 6.07) is 13.3. The van der Waals surface area contributed by atoms with Gasteiger partial charge >= 0.3 is 0 Å². The molecular weight excluding hydrogens is 672 g/mol. The second-order valence-electron chi connectivity index (χ2n) is 7.69. The molecule has 0 heterocycles. The lowest BCUT2D eigenvalue weighted by Gasteiger charge is -2.25. The summed E-state index contributed by atoms with van der Waals surface area (Å²) in [6.07, 6.45) is 0. The van der Waals surface area contributed by atoms with Crippen molar-refractivity contribution in [2.75, 3.05) is 0 Å². The Morgan fingerprint density at radius 3 is 1.53 bits per heavy atom. The van der Waals surface area contributed by atoms with Crippen molar-refractivity contribution < 1.29 is 0 Å². The van der Waals surface area contributed by atoms with E-state index in [1.165, 1.54) is 48.5 Å². The Morgan fingerprint density at radius 2 is 0.867 bits per heavy atom. The highest BCUT2D eigenvalue weighted by molar-refractivity contribution is 9.14. The normalized spacial score (nSPS) is 13.0. The lowest BCUT2D eigenvalue weighted by Crippen LogP contribution is -1.97. The molecule has 0 nitrogen and oxygen atoms in total. The summed E-state index contributed by atoms with van der Waals surface area (Å²) in [5, 5.41) is 14.8. The van der Waals surface area contributed by atoms with Crippen LogP contribution in [-0.2, 0) is 0 Å². The molecule has 6 heteroatoms. The second kappa shape index (κ2) is 6.09. The van der Waals surface area contributed by atoms with Gasteiger partial charge in [0.2, 0.25) is 0 Å². The van der Waals surface area contributed by atoms with Crippen LogP contribution in [0.4, 0.5) is 0 Å². The lowest BCUT2D eigenvalue weighted by molar-refractivity contribution is 1.38. The molecule has 0 bridgehead atoms. The molecular formula is C24H8Br4S2. The number of hydrogen-bond donors (Lipinski definition) is 2. The van der Waals surface area contributed by atoms with Gasteiger partial charge in [-0.15, -0.1) is 25.3 Å². The van der Waals surface area contributed by atoms with E-state index in [2.05, 4.69) is 100 Å². The van der Waals surface area contributed by atoms with Crippen LogP contribution in [0.15, 0.2) is 64.1 Å². The topological polar surface area (TPSA) is 0 Å². The fourth-order valence-electron chi connectivity index (χ4n) is 5.22. The molecule has 0 saturated carbocycles. The molecule has 0 saturated heterocycles. The molecule has 0 atom stereocenters. The molecule has 7 aromatic rings. The van der Waals surface area contributed by atoms with Gasteiger partial charge in [-0.25, -0.2) is 0 Å². The molecule has 30 heavy (non-hydrogen) atoms. The zero-order chi connectivity index (χ0) is 20.6. The summed E-state index contributed by atoms with van der Waals surface area (Å²) in [5.41, 5.74) is 0. The Labute approximate surface area is 215 Å². The monoisotopic (exact) mass is 676 g/mol. The van der Waals surface area contributed by atoms with E-state index in [0.717, 1.165) is 43.8 Å². The summed E-state index contributed by atoms with van der Waals surface area (Å²) in [6.45, 7) is 0. The molecule has 0 unspecified atom stereocenters. The summed E-state index contributed by atoms with van der Waals surface area (Å²) in [4.78, 5) is 1.81. The molecule has 7 aromatic carbocycles. The molecule has 0 aliphatic rings. The average molecular weight is 680 g/mol. The van der Waals surface area contributed by atoms with Gasteiger partial charge in [-0.1, -0.05) is 36.4 Å². The summed E-state index contributed by atoms with van der Waals surface area (Å²) < 4.78 is 4.14. The lowest BCUT2D eigenvalue weighted by atomic mass is 9.83. The number of hydrogen-bond acceptors (Lipinski definition) is 2. The molecule has 0 aliphatic heterocycles. The van der Waals surface area contributed by atoms with Crippen molar-refractivity contribution >= 4 is 154 Å². The van der Waals surface area contributed by atoms with Crippen LogP contribution >= 0.6 is 89.0 Å². The predicted molar refractivity (Wildman–Crippen MR) is 150 cm³/mol. The fourth-order valence-corrected chi connectivity index (χ4v) is 8.61. The first-order chi connectivity index (χ1) is 14.4. The SMILES string of the molecule is Sc1c(S)c2c(Br)c(Br)c3c(Br)c(Br)c4ccc5ccc6ccc1c1c6c5c4c3c21. The van der Waals surface area contributed by atoms with Gasteiger partial charge in [0.1, 0.15) is 0 Å². The van der Waals surface area contributed by atoms with Gasteiger partial charge in [-0.05, 0) is 107 Å². The molecule has 0 fully saturated rings. The van der Waals surface area contributed by atoms with Crippen LogP contribution in [0.1, 0.15) is 0 Å². The van der Waals surface area contributed by atoms with E-state index in [4.69, 9.17) is 25.3 Å². The Morgan fingerprint density at radius 1 is 0.400 bits per heavy atom. The number of rotatable bonds is 0. The Bertz CT molecular complexity index is 1720. The van der Waals surface area contributed by atoms with Crippen LogP contribution in [0, 0.1) is 0 Å². The van der Waals surface area contributed by atoms with E-state index in [9.17, 15) is 0 Å². The second-order valence-corrected chi connectivity index (χ2v) is 11.8. The first-order valence-electron chi connectivity index (χ1n) is 9.19. The van der Waals surface area contributed by atoms with E-state index < -0.39 is 0 Å². The van der Waals surface area contributed by atoms with Crippen molar-refractivity contribution in [2.45, 2.75) is 9.79 Å². The van der Waals surface area contributed by atoms with Crippen LogP contribution in [0.25, 0.3) is 64.6 Å². The molecule has 0 N–H and O–H groups in total. The van der Waals surface area contributed by atoms with Crippen LogP contribution in [0.2, 0.25) is 0 Å². The first-order valence-corrected chi connectivity index (χ1v) is 13.3. The number of benzene rings is 7. The predicted octanol–water partition coefficient (Wildman–Crippen LogP) is 10.5. The van der Waals surface area contributed by atoms with E-state index in [1.807, 2.05) is 0 Å². The standard InChI is InChI=1S/C24H8Br4S2/c25-19-9-5-3-7-1-2-8-4-6-10-14-12(8)11(7)13(9)15-16(14)18(24(30)23(10)29)22(28)21(27)17(15)20(19)26/h1-6,29-30H. The molecule has 7 rings (SSSR count). The number of thiol groups is 2. The van der Waals surface area contributed by atoms with Crippen LogP contribution in [0.3, 0.4) is 0 Å². The molecule has 0 aromatic heterocycles. The number of halogens is 4. The minimum absolute atomic E-state index is 0.897. The third kappa shape index (κ3) is 1.99. The largest absolute Gasteiger partial charge is 0.142 e. The highest BCUT2D eigenvalue weighted by Crippen LogP contribution is 2.57. The van der Waals surface area contributed by atoms with Crippen LogP contribution < -0.4 is 0 Å². The minimum atomic E-state index is 0.897. The van der Waals surface area contributed by atoms with Gasteiger partial charge in [0.15, 0.2) is 0 Å². The van der Waals surface area contributed by atoms with Crippen molar-refractivity contribution in [2.24, 2.45) is 0 Å².